The summed E-state index contributed by atoms with van der Waals surface area (Å²) >= 11 is 0. The Morgan fingerprint density at radius 1 is 0.760 bits per heavy atom. The second-order valence-electron chi connectivity index (χ2n) is 6.06. The molecule has 6 heteroatoms. The van der Waals surface area contributed by atoms with Gasteiger partial charge in [-0.3, -0.25) is 0 Å². The van der Waals surface area contributed by atoms with Gasteiger partial charge in [0.15, 0.2) is 0 Å². The minimum absolute atomic E-state index is 0.319. The highest BCUT2D eigenvalue weighted by Crippen LogP contribution is 2.19. The van der Waals surface area contributed by atoms with Gasteiger partial charge in [0, 0.05) is 31.9 Å². The molecule has 0 aliphatic heterocycles. The van der Waals surface area contributed by atoms with Gasteiger partial charge in [-0.15, -0.1) is 0 Å². The highest BCUT2D eigenvalue weighted by Gasteiger charge is 2.40. The van der Waals surface area contributed by atoms with Crippen molar-refractivity contribution in [3.05, 3.63) is 12.2 Å². The van der Waals surface area contributed by atoms with E-state index in [9.17, 15) is 4.79 Å². The van der Waals surface area contributed by atoms with Gasteiger partial charge in [-0.25, -0.2) is 4.79 Å². The van der Waals surface area contributed by atoms with Crippen molar-refractivity contribution in [3.8, 4) is 0 Å². The minimum atomic E-state index is -2.80. The first kappa shape index (κ1) is 24.3. The zero-order chi connectivity index (χ0) is 18.8. The van der Waals surface area contributed by atoms with Crippen LogP contribution in [0.25, 0.3) is 0 Å². The third-order valence-corrected chi connectivity index (χ3v) is 6.20. The molecule has 25 heavy (non-hydrogen) atoms. The summed E-state index contributed by atoms with van der Waals surface area (Å²) in [5.41, 5.74) is 0. The van der Waals surface area contributed by atoms with Gasteiger partial charge in [0.1, 0.15) is 0 Å². The number of carbonyl (C=O) groups is 1. The van der Waals surface area contributed by atoms with E-state index >= 15 is 0 Å². The number of rotatable bonds is 17. The fourth-order valence-corrected chi connectivity index (χ4v) is 4.34. The molecule has 0 N–H and O–H groups in total. The lowest BCUT2D eigenvalue weighted by molar-refractivity contribution is -0.137. The number of carbonyl (C=O) groups excluding carboxylic acids is 1. The largest absolute Gasteiger partial charge is 0.504 e. The van der Waals surface area contributed by atoms with Crippen LogP contribution in [0.3, 0.4) is 0 Å². The summed E-state index contributed by atoms with van der Waals surface area (Å²) in [4.78, 5) is 11.7. The van der Waals surface area contributed by atoms with Crippen molar-refractivity contribution >= 4 is 14.8 Å². The van der Waals surface area contributed by atoms with Gasteiger partial charge in [0.05, 0.1) is 6.61 Å². The average Bonchev–Trinajstić information content (AvgIpc) is 2.60. The lowest BCUT2D eigenvalue weighted by Crippen LogP contribution is -2.46. The molecule has 0 aromatic carbocycles. The van der Waals surface area contributed by atoms with Gasteiger partial charge >= 0.3 is 14.8 Å². The summed E-state index contributed by atoms with van der Waals surface area (Å²) in [5.74, 6) is -0.319. The second kappa shape index (κ2) is 16.8. The first-order valence-corrected chi connectivity index (χ1v) is 11.8. The molecule has 0 unspecified atom stereocenters. The molecule has 0 amide bonds. The molecular formula is C19H38O5Si. The molecule has 0 aliphatic carbocycles. The first-order chi connectivity index (χ1) is 12.1. The zero-order valence-electron chi connectivity index (χ0n) is 16.7. The van der Waals surface area contributed by atoms with Crippen molar-refractivity contribution in [2.24, 2.45) is 0 Å². The smallest absolute Gasteiger partial charge is 0.463 e. The topological polar surface area (TPSA) is 54.0 Å². The van der Waals surface area contributed by atoms with Gasteiger partial charge in [0.2, 0.25) is 0 Å². The Labute approximate surface area is 155 Å². The Balaban J connectivity index is 4.85. The van der Waals surface area contributed by atoms with E-state index in [1.165, 1.54) is 6.08 Å². The van der Waals surface area contributed by atoms with Crippen molar-refractivity contribution in [3.63, 3.8) is 0 Å². The van der Waals surface area contributed by atoms with Crippen molar-refractivity contribution < 1.29 is 22.8 Å². The number of hydrogen-bond donors (Lipinski definition) is 0. The van der Waals surface area contributed by atoms with Gasteiger partial charge in [-0.2, -0.15) is 0 Å². The molecule has 0 saturated heterocycles. The van der Waals surface area contributed by atoms with E-state index in [0.717, 1.165) is 44.9 Å². The summed E-state index contributed by atoms with van der Waals surface area (Å²) in [7, 11) is -2.80. The van der Waals surface area contributed by atoms with Crippen LogP contribution in [0.5, 0.6) is 0 Å². The maximum Gasteiger partial charge on any atom is 0.504 e. The minimum Gasteiger partial charge on any atom is -0.463 e. The third kappa shape index (κ3) is 13.2. The Hall–Kier alpha value is -0.693. The van der Waals surface area contributed by atoms with Crippen LogP contribution in [0.2, 0.25) is 6.04 Å². The van der Waals surface area contributed by atoms with Crippen LogP contribution < -0.4 is 0 Å². The van der Waals surface area contributed by atoms with Crippen LogP contribution in [0.1, 0.15) is 72.6 Å². The number of esters is 1. The monoisotopic (exact) mass is 374 g/mol. The van der Waals surface area contributed by atoms with E-state index in [0.29, 0.717) is 32.5 Å². The number of ether oxygens (including phenoxy) is 1. The summed E-state index contributed by atoms with van der Waals surface area (Å²) in [6, 6.07) is 0.505. The maximum absolute atomic E-state index is 11.7. The van der Waals surface area contributed by atoms with Crippen molar-refractivity contribution in [2.45, 2.75) is 78.7 Å². The number of allylic oxidation sites excluding steroid dienone is 1. The van der Waals surface area contributed by atoms with Crippen LogP contribution in [-0.4, -0.2) is 41.2 Å². The zero-order valence-corrected chi connectivity index (χ0v) is 17.7. The Bertz CT molecular complexity index is 320. The molecule has 0 aromatic heterocycles. The van der Waals surface area contributed by atoms with Gasteiger partial charge in [-0.05, 0) is 25.7 Å². The summed E-state index contributed by atoms with van der Waals surface area (Å²) in [6.45, 7) is 10.7. The normalized spacial score (nSPS) is 12.0. The molecule has 0 saturated carbocycles. The molecule has 0 bridgehead atoms. The Kier molecular flexibility index (Phi) is 16.3. The van der Waals surface area contributed by atoms with Gasteiger partial charge < -0.3 is 18.0 Å². The molecular weight excluding hydrogens is 336 g/mol. The molecule has 0 radical (unpaired) electrons. The highest BCUT2D eigenvalue weighted by atomic mass is 28.4. The molecule has 0 atom stereocenters. The summed E-state index contributed by atoms with van der Waals surface area (Å²) in [6.07, 6.45) is 10.2. The molecule has 0 aromatic rings. The van der Waals surface area contributed by atoms with Crippen LogP contribution >= 0.6 is 0 Å². The van der Waals surface area contributed by atoms with Gasteiger partial charge in [0.25, 0.3) is 0 Å². The molecule has 0 aliphatic rings. The van der Waals surface area contributed by atoms with Crippen LogP contribution in [0.15, 0.2) is 12.2 Å². The fourth-order valence-electron chi connectivity index (χ4n) is 1.97. The fraction of sp³-hybridized carbons (Fsp3) is 0.842. The maximum atomic E-state index is 11.7. The molecule has 148 valence electrons. The van der Waals surface area contributed by atoms with E-state index in [1.54, 1.807) is 6.08 Å². The second-order valence-corrected chi connectivity index (χ2v) is 8.70. The number of unbranched alkanes of at least 4 members (excludes halogenated alkanes) is 3. The lowest BCUT2D eigenvalue weighted by Gasteiger charge is -2.29. The van der Waals surface area contributed by atoms with E-state index < -0.39 is 8.80 Å². The Morgan fingerprint density at radius 3 is 1.64 bits per heavy atom. The predicted octanol–water partition coefficient (Wildman–Crippen LogP) is 4.88. The predicted molar refractivity (Wildman–Crippen MR) is 104 cm³/mol. The molecule has 0 spiro atoms. The first-order valence-electron chi connectivity index (χ1n) is 9.89. The quantitative estimate of drug-likeness (QED) is 0.157. The standard InChI is InChI=1S/C19H38O5Si/c1-5-9-15-22-25(23-16-10-6-2,24-17-11-7-3)18-12-13-19(20)21-14-8-4/h12-13H,5-11,14-18H2,1-4H3. The molecule has 0 rings (SSSR count). The number of hydrogen-bond acceptors (Lipinski definition) is 5. The third-order valence-electron chi connectivity index (χ3n) is 3.53. The molecule has 0 heterocycles. The lowest BCUT2D eigenvalue weighted by atomic mass is 10.4. The van der Waals surface area contributed by atoms with Crippen LogP contribution in [0.4, 0.5) is 0 Å². The van der Waals surface area contributed by atoms with Crippen molar-refractivity contribution in [2.75, 3.05) is 26.4 Å². The SMILES string of the molecule is CCCCO[Si](CC=CC(=O)OCCC)(OCCCC)OCCCC. The molecule has 5 nitrogen and oxygen atoms in total. The van der Waals surface area contributed by atoms with Crippen LogP contribution in [0, 0.1) is 0 Å². The van der Waals surface area contributed by atoms with E-state index in [2.05, 4.69) is 20.8 Å². The Morgan fingerprint density at radius 2 is 1.24 bits per heavy atom. The summed E-state index contributed by atoms with van der Waals surface area (Å²) < 4.78 is 23.4. The van der Waals surface area contributed by atoms with E-state index in [4.69, 9.17) is 18.0 Å². The van der Waals surface area contributed by atoms with Crippen LogP contribution in [-0.2, 0) is 22.8 Å². The van der Waals surface area contributed by atoms with E-state index in [1.807, 2.05) is 6.92 Å². The molecule has 0 fully saturated rings. The van der Waals surface area contributed by atoms with Crippen molar-refractivity contribution in [1.82, 2.24) is 0 Å². The highest BCUT2D eigenvalue weighted by molar-refractivity contribution is 6.61. The van der Waals surface area contributed by atoms with E-state index in [-0.39, 0.29) is 5.97 Å². The summed E-state index contributed by atoms with van der Waals surface area (Å²) in [5, 5.41) is 0. The van der Waals surface area contributed by atoms with Gasteiger partial charge in [-0.1, -0.05) is 53.0 Å². The van der Waals surface area contributed by atoms with Crippen molar-refractivity contribution in [1.29, 1.82) is 0 Å². The average molecular weight is 375 g/mol.